The highest BCUT2D eigenvalue weighted by molar-refractivity contribution is 7.73. The number of benzene rings is 2. The van der Waals surface area contributed by atoms with Gasteiger partial charge in [0.1, 0.15) is 5.69 Å². The average molecular weight is 490 g/mol. The maximum Gasteiger partial charge on any atom is 0.416 e. The summed E-state index contributed by atoms with van der Waals surface area (Å²) in [4.78, 5) is 20.5. The first-order valence-corrected chi connectivity index (χ1v) is 10.8. The van der Waals surface area contributed by atoms with Gasteiger partial charge in [0, 0.05) is 11.6 Å². The molecule has 1 N–H and O–H groups in total. The van der Waals surface area contributed by atoms with Gasteiger partial charge in [0.25, 0.3) is 5.69 Å². The number of anilines is 1. The standard InChI is InChI=1S/C18H18F3N4O7P/c1-3-31-33(30,32-4-2)17(12-6-5-7-13(10-12)18(19,20)21)23-22-15-9-8-14(24(26)27)11-16(15)25(28)29/h5-11,22H,3-4H2,1-2H3/b23-17+. The summed E-state index contributed by atoms with van der Waals surface area (Å²) in [6.07, 6.45) is -4.72. The van der Waals surface area contributed by atoms with Crippen LogP contribution in [0.4, 0.5) is 30.2 Å². The Labute approximate surface area is 185 Å². The Morgan fingerprint density at radius 2 is 1.70 bits per heavy atom. The molecular formula is C18H18F3N4O7P. The minimum Gasteiger partial charge on any atom is -0.304 e. The second-order valence-electron chi connectivity index (χ2n) is 6.17. The first kappa shape index (κ1) is 25.9. The Kier molecular flexibility index (Phi) is 8.25. The first-order chi connectivity index (χ1) is 15.4. The maximum atomic E-state index is 13.3. The van der Waals surface area contributed by atoms with E-state index in [4.69, 9.17) is 9.05 Å². The molecule has 0 aromatic heterocycles. The number of hydrazone groups is 1. The van der Waals surface area contributed by atoms with Crippen molar-refractivity contribution in [2.45, 2.75) is 20.0 Å². The zero-order valence-electron chi connectivity index (χ0n) is 17.2. The van der Waals surface area contributed by atoms with Crippen LogP contribution in [0.25, 0.3) is 0 Å². The highest BCUT2D eigenvalue weighted by Crippen LogP contribution is 2.52. The van der Waals surface area contributed by atoms with Gasteiger partial charge in [-0.3, -0.25) is 30.2 Å². The summed E-state index contributed by atoms with van der Waals surface area (Å²) in [5.41, 5.74) is -1.29. The molecule has 0 fully saturated rings. The van der Waals surface area contributed by atoms with E-state index in [-0.39, 0.29) is 24.5 Å². The second kappa shape index (κ2) is 10.5. The van der Waals surface area contributed by atoms with Crippen LogP contribution in [0.1, 0.15) is 25.0 Å². The van der Waals surface area contributed by atoms with E-state index in [1.165, 1.54) is 19.9 Å². The molecule has 2 aromatic rings. The van der Waals surface area contributed by atoms with Crippen molar-refractivity contribution in [3.8, 4) is 0 Å². The minimum atomic E-state index is -4.72. The van der Waals surface area contributed by atoms with E-state index in [0.717, 1.165) is 24.3 Å². The molecule has 178 valence electrons. The van der Waals surface area contributed by atoms with Crippen molar-refractivity contribution in [1.29, 1.82) is 0 Å². The van der Waals surface area contributed by atoms with E-state index in [2.05, 4.69) is 10.5 Å². The van der Waals surface area contributed by atoms with E-state index in [0.29, 0.717) is 12.1 Å². The van der Waals surface area contributed by atoms with E-state index >= 15 is 0 Å². The van der Waals surface area contributed by atoms with E-state index in [1.54, 1.807) is 0 Å². The van der Waals surface area contributed by atoms with Gasteiger partial charge in [-0.15, -0.1) is 0 Å². The van der Waals surface area contributed by atoms with Crippen LogP contribution in [-0.2, 0) is 19.8 Å². The highest BCUT2D eigenvalue weighted by Gasteiger charge is 2.36. The van der Waals surface area contributed by atoms with E-state index < -0.39 is 46.0 Å². The second-order valence-corrected chi connectivity index (χ2v) is 8.11. The molecule has 0 radical (unpaired) electrons. The van der Waals surface area contributed by atoms with Gasteiger partial charge in [0.05, 0.1) is 34.7 Å². The molecule has 0 heterocycles. The molecule has 2 rings (SSSR count). The number of nitrogens with one attached hydrogen (secondary N) is 1. The van der Waals surface area contributed by atoms with Gasteiger partial charge in [0.15, 0.2) is 5.45 Å². The number of non-ortho nitro benzene ring substituents is 1. The lowest BCUT2D eigenvalue weighted by Gasteiger charge is -2.20. The summed E-state index contributed by atoms with van der Waals surface area (Å²) < 4.78 is 63.3. The number of nitro benzene ring substituents is 2. The zero-order valence-corrected chi connectivity index (χ0v) is 18.1. The van der Waals surface area contributed by atoms with Crippen molar-refractivity contribution in [3.63, 3.8) is 0 Å². The van der Waals surface area contributed by atoms with Gasteiger partial charge < -0.3 is 9.05 Å². The van der Waals surface area contributed by atoms with Gasteiger partial charge in [-0.1, -0.05) is 12.1 Å². The van der Waals surface area contributed by atoms with E-state index in [1.807, 2.05) is 0 Å². The molecule has 0 amide bonds. The third-order valence-electron chi connectivity index (χ3n) is 3.98. The fraction of sp³-hybridized carbons (Fsp3) is 0.278. The van der Waals surface area contributed by atoms with Crippen molar-refractivity contribution < 1.29 is 36.6 Å². The summed E-state index contributed by atoms with van der Waals surface area (Å²) in [6, 6.07) is 6.33. The lowest BCUT2D eigenvalue weighted by molar-refractivity contribution is -0.393. The average Bonchev–Trinajstić information content (AvgIpc) is 2.73. The fourth-order valence-corrected chi connectivity index (χ4v) is 4.24. The molecular weight excluding hydrogens is 472 g/mol. The van der Waals surface area contributed by atoms with Crippen molar-refractivity contribution >= 4 is 30.1 Å². The molecule has 0 atom stereocenters. The largest absolute Gasteiger partial charge is 0.416 e. The fourth-order valence-electron chi connectivity index (χ4n) is 2.61. The lowest BCUT2D eigenvalue weighted by Crippen LogP contribution is -2.13. The molecule has 0 aliphatic carbocycles. The third kappa shape index (κ3) is 6.34. The molecule has 0 bridgehead atoms. The Hall–Kier alpha value is -3.35. The predicted octanol–water partition coefficient (Wildman–Crippen LogP) is 5.56. The summed E-state index contributed by atoms with van der Waals surface area (Å²) in [6.45, 7) is 2.66. The molecule has 0 aliphatic heterocycles. The number of hydrogen-bond acceptors (Lipinski definition) is 9. The number of hydrogen-bond donors (Lipinski definition) is 1. The minimum absolute atomic E-state index is 0.146. The smallest absolute Gasteiger partial charge is 0.304 e. The molecule has 0 unspecified atom stereocenters. The molecule has 15 heteroatoms. The molecule has 33 heavy (non-hydrogen) atoms. The van der Waals surface area contributed by atoms with Gasteiger partial charge in [0.2, 0.25) is 0 Å². The van der Waals surface area contributed by atoms with Crippen LogP contribution in [0.2, 0.25) is 0 Å². The van der Waals surface area contributed by atoms with Gasteiger partial charge >= 0.3 is 19.5 Å². The molecule has 0 aliphatic rings. The summed E-state index contributed by atoms with van der Waals surface area (Å²) >= 11 is 0. The lowest BCUT2D eigenvalue weighted by atomic mass is 10.1. The first-order valence-electron chi connectivity index (χ1n) is 9.26. The van der Waals surface area contributed by atoms with Crippen molar-refractivity contribution in [3.05, 3.63) is 73.8 Å². The number of nitro groups is 2. The molecule has 0 spiro atoms. The molecule has 2 aromatic carbocycles. The number of nitrogens with zero attached hydrogens (tertiary/aromatic N) is 3. The maximum absolute atomic E-state index is 13.3. The van der Waals surface area contributed by atoms with Crippen LogP contribution in [0.5, 0.6) is 0 Å². The van der Waals surface area contributed by atoms with E-state index in [9.17, 15) is 38.0 Å². The summed E-state index contributed by atoms with van der Waals surface area (Å²) in [5, 5.41) is 26.1. The Morgan fingerprint density at radius 3 is 2.21 bits per heavy atom. The molecule has 11 nitrogen and oxygen atoms in total. The van der Waals surface area contributed by atoms with Crippen LogP contribution < -0.4 is 5.43 Å². The molecule has 0 saturated carbocycles. The van der Waals surface area contributed by atoms with Gasteiger partial charge in [-0.2, -0.15) is 18.3 Å². The van der Waals surface area contributed by atoms with Crippen molar-refractivity contribution in [2.24, 2.45) is 5.10 Å². The van der Waals surface area contributed by atoms with Crippen molar-refractivity contribution in [1.82, 2.24) is 0 Å². The Balaban J connectivity index is 2.66. The van der Waals surface area contributed by atoms with Gasteiger partial charge in [-0.05, 0) is 32.0 Å². The predicted molar refractivity (Wildman–Crippen MR) is 112 cm³/mol. The normalized spacial score (nSPS) is 12.5. The third-order valence-corrected chi connectivity index (χ3v) is 6.05. The summed E-state index contributed by atoms with van der Waals surface area (Å²) in [7, 11) is -4.28. The zero-order chi connectivity index (χ0) is 24.8. The van der Waals surface area contributed by atoms with Crippen molar-refractivity contribution in [2.75, 3.05) is 18.6 Å². The van der Waals surface area contributed by atoms with Gasteiger partial charge in [-0.25, -0.2) is 0 Å². The van der Waals surface area contributed by atoms with Crippen LogP contribution in [-0.4, -0.2) is 28.5 Å². The SMILES string of the molecule is CCOP(=O)(OCC)/C(=N/Nc1ccc([N+](=O)[O-])cc1[N+](=O)[O-])c1cccc(C(F)(F)F)c1. The number of rotatable bonds is 10. The Bertz CT molecular complexity index is 1110. The monoisotopic (exact) mass is 490 g/mol. The topological polar surface area (TPSA) is 146 Å². The Morgan fingerprint density at radius 1 is 1.06 bits per heavy atom. The highest BCUT2D eigenvalue weighted by atomic mass is 31.2. The van der Waals surface area contributed by atoms with Crippen LogP contribution >= 0.6 is 7.60 Å². The molecule has 0 saturated heterocycles. The van der Waals surface area contributed by atoms with Crippen LogP contribution in [0.3, 0.4) is 0 Å². The number of halogens is 3. The summed E-state index contributed by atoms with van der Waals surface area (Å²) in [5.74, 6) is 0. The number of alkyl halides is 3. The van der Waals surface area contributed by atoms with Crippen LogP contribution in [0.15, 0.2) is 47.6 Å². The van der Waals surface area contributed by atoms with Crippen LogP contribution in [0, 0.1) is 20.2 Å². The quantitative estimate of drug-likeness (QED) is 0.197.